The number of rotatable bonds is 50. The number of hydrogen-bond acceptors (Lipinski definition) is 21. The highest BCUT2D eigenvalue weighted by molar-refractivity contribution is 6.01. The highest BCUT2D eigenvalue weighted by Crippen LogP contribution is 2.25. The Bertz CT molecular complexity index is 3910. The number of carboxylic acids is 2. The number of aromatic hydroxyl groups is 2. The van der Waals surface area contributed by atoms with E-state index in [-0.39, 0.29) is 177 Å². The molecule has 0 saturated carbocycles. The van der Waals surface area contributed by atoms with Crippen LogP contribution in [0.3, 0.4) is 0 Å². The third-order valence-corrected chi connectivity index (χ3v) is 20.5. The van der Waals surface area contributed by atoms with Crippen molar-refractivity contribution in [3.8, 4) is 11.5 Å². The monoisotopic (exact) mass is 1670 g/mol. The number of phenols is 2. The van der Waals surface area contributed by atoms with E-state index in [0.717, 1.165) is 4.90 Å². The van der Waals surface area contributed by atoms with Crippen LogP contribution in [0, 0.1) is 17.8 Å². The second kappa shape index (κ2) is 48.7. The van der Waals surface area contributed by atoms with Crippen molar-refractivity contribution in [1.29, 1.82) is 0 Å². The molecule has 0 aliphatic carbocycles. The zero-order valence-corrected chi connectivity index (χ0v) is 68.3. The molecule has 41 heteroatoms. The molecule has 5 rings (SSSR count). The van der Waals surface area contributed by atoms with Crippen molar-refractivity contribution in [1.82, 2.24) is 68.3 Å². The number of guanidine groups is 2. The summed E-state index contributed by atoms with van der Waals surface area (Å²) in [5.74, 6) is -16.7. The maximum atomic E-state index is 15.1. The molecule has 0 bridgehead atoms. The summed E-state index contributed by atoms with van der Waals surface area (Å²) in [6.07, 6.45) is -1.46. The van der Waals surface area contributed by atoms with Crippen LogP contribution in [0.25, 0.3) is 0 Å². The van der Waals surface area contributed by atoms with E-state index in [1.807, 2.05) is 0 Å². The van der Waals surface area contributed by atoms with E-state index < -0.39 is 192 Å². The van der Waals surface area contributed by atoms with Gasteiger partial charge in [-0.1, -0.05) is 72.2 Å². The molecule has 14 atom stereocenters. The van der Waals surface area contributed by atoms with Gasteiger partial charge in [-0.2, -0.15) is 0 Å². The number of aliphatic imine (C=N–C) groups is 2. The van der Waals surface area contributed by atoms with Crippen LogP contribution in [0.15, 0.2) is 58.5 Å². The molecule has 3 aliphatic heterocycles. The number of unbranched alkanes of at least 4 members (excludes halogenated alkanes) is 1. The summed E-state index contributed by atoms with van der Waals surface area (Å²) >= 11 is 0. The van der Waals surface area contributed by atoms with Crippen molar-refractivity contribution in [3.63, 3.8) is 0 Å². The zero-order chi connectivity index (χ0) is 88.3. The third kappa shape index (κ3) is 32.8. The Kier molecular flexibility index (Phi) is 39.9. The minimum absolute atomic E-state index is 0.00423. The molecule has 41 nitrogen and oxygen atoms in total. The number of likely N-dealkylation sites (tertiary alicyclic amines) is 2. The summed E-state index contributed by atoms with van der Waals surface area (Å²) in [5.41, 5.74) is 34.9. The molecule has 27 N–H and O–H groups in total. The Morgan fingerprint density at radius 1 is 0.479 bits per heavy atom. The van der Waals surface area contributed by atoms with E-state index in [2.05, 4.69) is 68.5 Å². The first-order valence-corrected chi connectivity index (χ1v) is 40.3. The van der Waals surface area contributed by atoms with Gasteiger partial charge in [-0.05, 0) is 156 Å². The lowest BCUT2D eigenvalue weighted by atomic mass is 9.96. The SMILES string of the molecule is CC[C@@H](C)[C@@H](NC(=O)[C@H](Cc1ccc(O)cc1)NC(=O)[C@@H]1CCCN1C(=O)[C@H](CCCN=C(N)N)NC(=O)[C@H](CCCN=C(N)N)NC(=O)[C@@H]1CCCN1C(=O)[C@H](CCCCN)NC(=O)[C@H](CC(N)=O)NC(=O)[C@H](CCC(=O)O)NC(=O)[C@H](Cc1ccc(O)cc1)NC(=O)[C@H](CC(C)C)NC(=O)[C@@H]1CCC(=O)N1)C(=O)N[C@@H](CC(C)C)C(=O)O. The fourth-order valence-corrected chi connectivity index (χ4v) is 14.0. The lowest BCUT2D eigenvalue weighted by molar-refractivity contribution is -0.144. The number of primary amides is 1. The molecule has 0 unspecified atom stereocenters. The molecule has 3 fully saturated rings. The maximum absolute atomic E-state index is 15.1. The van der Waals surface area contributed by atoms with Crippen LogP contribution in [0.4, 0.5) is 0 Å². The Hall–Kier alpha value is -11.9. The van der Waals surface area contributed by atoms with E-state index in [1.165, 1.54) is 53.4 Å². The predicted octanol–water partition coefficient (Wildman–Crippen LogP) is -3.81. The summed E-state index contributed by atoms with van der Waals surface area (Å²) in [7, 11) is 0. The van der Waals surface area contributed by atoms with E-state index in [9.17, 15) is 87.5 Å². The summed E-state index contributed by atoms with van der Waals surface area (Å²) in [5, 5.41) is 68.7. The van der Waals surface area contributed by atoms with Gasteiger partial charge < -0.3 is 123 Å². The van der Waals surface area contributed by atoms with Gasteiger partial charge in [0, 0.05) is 51.9 Å². The molecule has 0 spiro atoms. The number of carbonyl (C=O) groups excluding carboxylic acids is 14. The van der Waals surface area contributed by atoms with Crippen LogP contribution in [-0.4, -0.2) is 248 Å². The van der Waals surface area contributed by atoms with Crippen molar-refractivity contribution in [2.24, 2.45) is 62.1 Å². The van der Waals surface area contributed by atoms with Crippen molar-refractivity contribution in [2.45, 2.75) is 255 Å². The Balaban J connectivity index is 1.41. The van der Waals surface area contributed by atoms with Gasteiger partial charge in [-0.3, -0.25) is 81.9 Å². The van der Waals surface area contributed by atoms with Crippen molar-refractivity contribution < 1.29 is 97.1 Å². The van der Waals surface area contributed by atoms with Crippen LogP contribution < -0.4 is 92.9 Å². The first-order valence-electron chi connectivity index (χ1n) is 40.3. The molecule has 14 amide bonds. The van der Waals surface area contributed by atoms with Gasteiger partial charge >= 0.3 is 11.9 Å². The van der Waals surface area contributed by atoms with Gasteiger partial charge in [0.1, 0.15) is 90.0 Å². The minimum atomic E-state index is -1.93. The van der Waals surface area contributed by atoms with Crippen molar-refractivity contribution in [2.75, 3.05) is 32.7 Å². The Morgan fingerprint density at radius 3 is 1.34 bits per heavy atom. The fraction of sp³-hybridized carbons (Fsp3) is 0.615. The summed E-state index contributed by atoms with van der Waals surface area (Å²) < 4.78 is 0. The predicted molar refractivity (Wildman–Crippen MR) is 433 cm³/mol. The third-order valence-electron chi connectivity index (χ3n) is 20.5. The lowest BCUT2D eigenvalue weighted by Crippen LogP contribution is -2.61. The van der Waals surface area contributed by atoms with Crippen molar-refractivity contribution in [3.05, 3.63) is 59.7 Å². The number of carbonyl (C=O) groups is 16. The molecule has 3 heterocycles. The molecule has 658 valence electrons. The lowest BCUT2D eigenvalue weighted by Gasteiger charge is -2.32. The van der Waals surface area contributed by atoms with Crippen LogP contribution in [0.1, 0.15) is 175 Å². The Labute approximate surface area is 690 Å². The van der Waals surface area contributed by atoms with Crippen LogP contribution in [0.2, 0.25) is 0 Å². The number of carboxylic acid groups (broad SMARTS) is 2. The number of nitrogens with one attached hydrogen (secondary N) is 11. The molecule has 119 heavy (non-hydrogen) atoms. The van der Waals surface area contributed by atoms with E-state index in [4.69, 9.17) is 34.4 Å². The number of nitrogens with two attached hydrogens (primary N) is 6. The molecule has 2 aromatic rings. The molecule has 0 radical (unpaired) electrons. The zero-order valence-electron chi connectivity index (χ0n) is 68.3. The van der Waals surface area contributed by atoms with Crippen LogP contribution >= 0.6 is 0 Å². The summed E-state index contributed by atoms with van der Waals surface area (Å²) in [6.45, 7) is 10.5. The normalized spacial score (nSPS) is 17.8. The van der Waals surface area contributed by atoms with Gasteiger partial charge in [-0.15, -0.1) is 0 Å². The molecule has 3 saturated heterocycles. The number of amides is 14. The van der Waals surface area contributed by atoms with Crippen LogP contribution in [0.5, 0.6) is 11.5 Å². The number of benzene rings is 2. The molecular formula is C78H121N21O20. The van der Waals surface area contributed by atoms with Gasteiger partial charge in [0.15, 0.2) is 11.9 Å². The number of nitrogens with zero attached hydrogens (tertiary/aromatic N) is 4. The summed E-state index contributed by atoms with van der Waals surface area (Å²) in [6, 6.07) is -7.40. The average Bonchev–Trinajstić information content (AvgIpc) is 1.76. The second-order valence-electron chi connectivity index (χ2n) is 31.1. The van der Waals surface area contributed by atoms with Crippen molar-refractivity contribution >= 4 is 107 Å². The molecule has 2 aromatic carbocycles. The first-order chi connectivity index (χ1) is 56.3. The van der Waals surface area contributed by atoms with Gasteiger partial charge in [0.2, 0.25) is 82.7 Å². The molecule has 0 aromatic heterocycles. The molecular weight excluding hydrogens is 1550 g/mol. The number of hydrogen-bond donors (Lipinski definition) is 21. The smallest absolute Gasteiger partial charge is 0.326 e. The largest absolute Gasteiger partial charge is 0.508 e. The van der Waals surface area contributed by atoms with E-state index >= 15 is 9.59 Å². The quantitative estimate of drug-likeness (QED) is 0.0172. The second-order valence-corrected chi connectivity index (χ2v) is 31.1. The molecule has 3 aliphatic rings. The maximum Gasteiger partial charge on any atom is 0.326 e. The average molecular weight is 1670 g/mol. The standard InChI is InChI=1S/C78H121N21O20/c1-7-43(6)63(73(115)96-57(76(118)119)37-42(4)5)97-70(112)55(39-45-21-25-47(101)26-22-45)95-72(114)59-18-13-35-99(59)75(117)52(16-11-33-86-78(83)84)90-64(106)48(15-10-32-85-77(81)82)89-71(113)58-17-12-34-98(58)74(116)51(14-8-9-31-79)91-69(111)56(40-60(80)102)94-66(108)50(28-30-62(104)105)88-68(110)54(38-44-19-23-46(100)24-20-44)93-67(109)53(36-41(2)3)92-65(107)49-27-29-61(103)87-49/h19-26,41-43,48-59,63,100-101H,7-18,27-40,79H2,1-6H3,(H2,80,102)(H,87,103)(H,88,110)(H,89,113)(H,90,106)(H,91,111)(H,92,107)(H,93,109)(H,94,108)(H,95,114)(H,96,115)(H,97,112)(H,104,105)(H,118,119)(H4,81,82,85)(H4,83,84,86)/t43-,48+,49+,50+,51+,52+,53+,54+,55+,56+,57+,58+,59+,63-/m1/s1. The Morgan fingerprint density at radius 2 is 0.882 bits per heavy atom. The fourth-order valence-electron chi connectivity index (χ4n) is 14.0. The minimum Gasteiger partial charge on any atom is -0.508 e. The van der Waals surface area contributed by atoms with E-state index in [0.29, 0.717) is 24.0 Å². The number of aliphatic carboxylic acids is 2. The highest BCUT2D eigenvalue weighted by Gasteiger charge is 2.44. The van der Waals surface area contributed by atoms with Crippen LogP contribution in [-0.2, 0) is 89.6 Å². The van der Waals surface area contributed by atoms with Gasteiger partial charge in [0.05, 0.1) is 6.42 Å². The first kappa shape index (κ1) is 97.6. The number of phenolic OH excluding ortho intramolecular Hbond substituents is 2. The summed E-state index contributed by atoms with van der Waals surface area (Å²) in [4.78, 5) is 234. The van der Waals surface area contributed by atoms with Gasteiger partial charge in [0.25, 0.3) is 0 Å². The highest BCUT2D eigenvalue weighted by atomic mass is 16.4. The van der Waals surface area contributed by atoms with E-state index in [1.54, 1.807) is 41.5 Å². The topological polar surface area (TPSA) is 674 Å². The van der Waals surface area contributed by atoms with Gasteiger partial charge in [-0.25, -0.2) is 4.79 Å².